The van der Waals surface area contributed by atoms with Crippen LogP contribution in [0, 0.1) is 6.92 Å². The van der Waals surface area contributed by atoms with E-state index >= 15 is 0 Å². The van der Waals surface area contributed by atoms with E-state index in [1.807, 2.05) is 0 Å². The Labute approximate surface area is 101 Å². The Morgan fingerprint density at radius 1 is 0.938 bits per heavy atom. The van der Waals surface area contributed by atoms with Crippen molar-refractivity contribution in [2.45, 2.75) is 52.2 Å². The molecule has 16 heavy (non-hydrogen) atoms. The maximum atomic E-state index is 6.32. The third-order valence-corrected chi connectivity index (χ3v) is 8.91. The topological polar surface area (TPSA) is 9.23 Å². The van der Waals surface area contributed by atoms with Gasteiger partial charge in [0.2, 0.25) is 0 Å². The number of benzene rings is 1. The highest BCUT2D eigenvalue weighted by Crippen LogP contribution is 2.34. The zero-order valence-corrected chi connectivity index (χ0v) is 12.4. The van der Waals surface area contributed by atoms with Crippen molar-refractivity contribution in [2.24, 2.45) is 0 Å². The van der Waals surface area contributed by atoms with E-state index in [-0.39, 0.29) is 0 Å². The lowest BCUT2D eigenvalue weighted by Gasteiger charge is -2.35. The fraction of sp³-hybridized carbons (Fsp3) is 0.571. The Hall–Kier alpha value is -0.763. The van der Waals surface area contributed by atoms with Crippen molar-refractivity contribution in [3.63, 3.8) is 0 Å². The van der Waals surface area contributed by atoms with Crippen LogP contribution in [0.15, 0.2) is 24.3 Å². The lowest BCUT2D eigenvalue weighted by molar-refractivity contribution is 0.507. The van der Waals surface area contributed by atoms with Crippen LogP contribution >= 0.6 is 0 Å². The fourth-order valence-electron chi connectivity index (χ4n) is 1.76. The molecule has 90 valence electrons. The second kappa shape index (κ2) is 5.04. The molecule has 1 rings (SSSR count). The maximum Gasteiger partial charge on any atom is 0.253 e. The molecule has 0 aliphatic heterocycles. The largest absolute Gasteiger partial charge is 0.543 e. The van der Waals surface area contributed by atoms with Crippen LogP contribution in [0.2, 0.25) is 17.6 Å². The number of rotatable bonds is 4. The van der Waals surface area contributed by atoms with E-state index < -0.39 is 8.32 Å². The summed E-state index contributed by atoms with van der Waals surface area (Å²) >= 11 is 0. The van der Waals surface area contributed by atoms with Gasteiger partial charge < -0.3 is 4.43 Å². The summed E-state index contributed by atoms with van der Waals surface area (Å²) in [5, 5.41) is 0. The first kappa shape index (κ1) is 13.3. The zero-order chi connectivity index (χ0) is 12.3. The summed E-state index contributed by atoms with van der Waals surface area (Å²) < 4.78 is 6.32. The quantitative estimate of drug-likeness (QED) is 0.684. The molecule has 0 fully saturated rings. The van der Waals surface area contributed by atoms with Crippen molar-refractivity contribution < 1.29 is 4.43 Å². The van der Waals surface area contributed by atoms with Crippen molar-refractivity contribution in [1.29, 1.82) is 0 Å². The Bertz CT molecular complexity index is 319. The molecule has 0 saturated carbocycles. The van der Waals surface area contributed by atoms with Gasteiger partial charge in [0.25, 0.3) is 8.32 Å². The molecule has 0 amide bonds. The molecule has 1 aromatic rings. The third-order valence-electron chi connectivity index (χ3n) is 3.65. The first-order valence-electron chi connectivity index (χ1n) is 6.12. The molecule has 1 aromatic carbocycles. The van der Waals surface area contributed by atoms with Crippen LogP contribution in [0.5, 0.6) is 5.75 Å². The smallest absolute Gasteiger partial charge is 0.253 e. The minimum Gasteiger partial charge on any atom is -0.543 e. The normalized spacial score (nSPS) is 12.2. The number of hydrogen-bond donors (Lipinski definition) is 0. The van der Waals surface area contributed by atoms with Gasteiger partial charge >= 0.3 is 0 Å². The molecule has 0 aliphatic carbocycles. The highest BCUT2D eigenvalue weighted by atomic mass is 28.4. The van der Waals surface area contributed by atoms with E-state index in [1.165, 1.54) is 5.56 Å². The average Bonchev–Trinajstić information content (AvgIpc) is 2.20. The van der Waals surface area contributed by atoms with Gasteiger partial charge in [-0.25, -0.2) is 0 Å². The van der Waals surface area contributed by atoms with Crippen molar-refractivity contribution in [3.8, 4) is 5.75 Å². The molecular formula is C14H24OSi. The van der Waals surface area contributed by atoms with Crippen LogP contribution < -0.4 is 4.43 Å². The van der Waals surface area contributed by atoms with Gasteiger partial charge in [-0.05, 0) is 36.7 Å². The van der Waals surface area contributed by atoms with Crippen molar-refractivity contribution in [3.05, 3.63) is 29.8 Å². The van der Waals surface area contributed by atoms with Gasteiger partial charge in [0.15, 0.2) is 0 Å². The van der Waals surface area contributed by atoms with Crippen LogP contribution in [0.1, 0.15) is 33.3 Å². The molecule has 0 saturated heterocycles. The monoisotopic (exact) mass is 236 g/mol. The van der Waals surface area contributed by atoms with E-state index in [0.717, 1.165) is 5.75 Å². The van der Waals surface area contributed by atoms with E-state index in [1.54, 1.807) is 0 Å². The van der Waals surface area contributed by atoms with E-state index in [0.29, 0.717) is 11.1 Å². The van der Waals surface area contributed by atoms with Crippen LogP contribution in [0.25, 0.3) is 0 Å². The molecule has 0 bridgehead atoms. The lowest BCUT2D eigenvalue weighted by Crippen LogP contribution is -2.44. The summed E-state index contributed by atoms with van der Waals surface area (Å²) in [6.07, 6.45) is 0. The number of aryl methyl sites for hydroxylation is 1. The van der Waals surface area contributed by atoms with Crippen LogP contribution in [0.4, 0.5) is 0 Å². The molecule has 1 nitrogen and oxygen atoms in total. The fourth-order valence-corrected chi connectivity index (χ4v) is 4.21. The summed E-state index contributed by atoms with van der Waals surface area (Å²) in [5.41, 5.74) is 2.55. The van der Waals surface area contributed by atoms with Gasteiger partial charge in [0.05, 0.1) is 0 Å². The zero-order valence-electron chi connectivity index (χ0n) is 11.4. The van der Waals surface area contributed by atoms with Crippen LogP contribution in [-0.4, -0.2) is 8.32 Å². The predicted octanol–water partition coefficient (Wildman–Crippen LogP) is 4.77. The maximum absolute atomic E-state index is 6.32. The highest BCUT2D eigenvalue weighted by Gasteiger charge is 2.38. The highest BCUT2D eigenvalue weighted by molar-refractivity contribution is 6.75. The van der Waals surface area contributed by atoms with E-state index in [9.17, 15) is 0 Å². The van der Waals surface area contributed by atoms with Gasteiger partial charge in [-0.1, -0.05) is 45.4 Å². The summed E-state index contributed by atoms with van der Waals surface area (Å²) in [5.74, 6) is 1.03. The van der Waals surface area contributed by atoms with Gasteiger partial charge in [0, 0.05) is 0 Å². The van der Waals surface area contributed by atoms with E-state index in [4.69, 9.17) is 4.43 Å². The summed E-state index contributed by atoms with van der Waals surface area (Å²) in [7, 11) is -1.66. The SMILES string of the molecule is Cc1ccc(O[Si](C)(C(C)C)C(C)C)cc1. The first-order chi connectivity index (χ1) is 7.36. The molecule has 0 heterocycles. The Balaban J connectivity index is 2.88. The summed E-state index contributed by atoms with van der Waals surface area (Å²) in [4.78, 5) is 0. The molecule has 0 unspecified atom stereocenters. The molecule has 0 aliphatic rings. The second-order valence-electron chi connectivity index (χ2n) is 5.41. The molecule has 0 aromatic heterocycles. The Kier molecular flexibility index (Phi) is 4.19. The second-order valence-corrected chi connectivity index (χ2v) is 10.3. The minimum absolute atomic E-state index is 0.633. The average molecular weight is 236 g/mol. The molecule has 2 heteroatoms. The van der Waals surface area contributed by atoms with Crippen LogP contribution in [-0.2, 0) is 0 Å². The molecular weight excluding hydrogens is 212 g/mol. The van der Waals surface area contributed by atoms with Gasteiger partial charge in [-0.3, -0.25) is 0 Å². The predicted molar refractivity (Wildman–Crippen MR) is 73.6 cm³/mol. The third kappa shape index (κ3) is 2.88. The minimum atomic E-state index is -1.66. The lowest BCUT2D eigenvalue weighted by atomic mass is 10.2. The summed E-state index contributed by atoms with van der Waals surface area (Å²) in [6.45, 7) is 13.6. The molecule has 0 N–H and O–H groups in total. The molecule has 0 radical (unpaired) electrons. The number of hydrogen-bond acceptors (Lipinski definition) is 1. The first-order valence-corrected chi connectivity index (χ1v) is 8.68. The van der Waals surface area contributed by atoms with Crippen molar-refractivity contribution >= 4 is 8.32 Å². The molecule has 0 spiro atoms. The standard InChI is InChI=1S/C14H24OSi/c1-11(2)16(6,12(3)4)15-14-9-7-13(5)8-10-14/h7-12H,1-6H3. The Morgan fingerprint density at radius 3 is 1.75 bits per heavy atom. The van der Waals surface area contributed by atoms with E-state index in [2.05, 4.69) is 65.4 Å². The van der Waals surface area contributed by atoms with Crippen molar-refractivity contribution in [1.82, 2.24) is 0 Å². The van der Waals surface area contributed by atoms with Gasteiger partial charge in [-0.15, -0.1) is 0 Å². The van der Waals surface area contributed by atoms with Crippen molar-refractivity contribution in [2.75, 3.05) is 0 Å². The van der Waals surface area contributed by atoms with Gasteiger partial charge in [-0.2, -0.15) is 0 Å². The van der Waals surface area contributed by atoms with Gasteiger partial charge in [0.1, 0.15) is 5.75 Å². The van der Waals surface area contributed by atoms with Crippen LogP contribution in [0.3, 0.4) is 0 Å². The Morgan fingerprint density at radius 2 is 1.38 bits per heavy atom. The molecule has 0 atom stereocenters. The summed E-state index contributed by atoms with van der Waals surface area (Å²) in [6, 6.07) is 8.41.